The van der Waals surface area contributed by atoms with Crippen molar-refractivity contribution in [1.29, 1.82) is 0 Å². The number of carbonyl (C=O) groups excluding carboxylic acids is 1. The maximum Gasteiger partial charge on any atom is 0.255 e. The van der Waals surface area contributed by atoms with Crippen LogP contribution < -0.4 is 10.6 Å². The van der Waals surface area contributed by atoms with Crippen molar-refractivity contribution in [3.8, 4) is 17.0 Å². The molecule has 152 valence electrons. The number of nitrogens with zero attached hydrogens (tertiary/aromatic N) is 5. The van der Waals surface area contributed by atoms with Crippen molar-refractivity contribution in [3.63, 3.8) is 0 Å². The first-order chi connectivity index (χ1) is 14.6. The molecule has 0 atom stereocenters. The number of hydrogen-bond donors (Lipinski definition) is 3. The van der Waals surface area contributed by atoms with Crippen molar-refractivity contribution < 1.29 is 9.90 Å². The maximum absolute atomic E-state index is 12.3. The van der Waals surface area contributed by atoms with Crippen LogP contribution in [0.5, 0.6) is 5.75 Å². The molecule has 1 amide bonds. The zero-order valence-electron chi connectivity index (χ0n) is 16.4. The topological polar surface area (TPSA) is 109 Å². The average molecular weight is 403 g/mol. The first-order valence-corrected chi connectivity index (χ1v) is 9.76. The molecule has 1 saturated carbocycles. The van der Waals surface area contributed by atoms with E-state index in [4.69, 9.17) is 0 Å². The Hall–Kier alpha value is -3.88. The quantitative estimate of drug-likeness (QED) is 0.456. The van der Waals surface area contributed by atoms with E-state index in [2.05, 4.69) is 25.7 Å². The van der Waals surface area contributed by atoms with Crippen LogP contribution in [-0.4, -0.2) is 41.2 Å². The second-order valence-corrected chi connectivity index (χ2v) is 7.47. The van der Waals surface area contributed by atoms with Crippen LogP contribution in [0.25, 0.3) is 16.9 Å². The van der Waals surface area contributed by atoms with Gasteiger partial charge in [-0.05, 0) is 25.0 Å². The van der Waals surface area contributed by atoms with Gasteiger partial charge in [-0.3, -0.25) is 13.9 Å². The van der Waals surface area contributed by atoms with Gasteiger partial charge in [0.15, 0.2) is 11.5 Å². The molecule has 9 nitrogen and oxygen atoms in total. The van der Waals surface area contributed by atoms with Crippen molar-refractivity contribution in [2.45, 2.75) is 25.4 Å². The number of anilines is 1. The normalized spacial score (nSPS) is 13.5. The number of amides is 1. The first-order valence-electron chi connectivity index (χ1n) is 9.76. The fraction of sp³-hybridized carbons (Fsp3) is 0.238. The molecule has 0 spiro atoms. The fourth-order valence-electron chi connectivity index (χ4n) is 3.38. The summed E-state index contributed by atoms with van der Waals surface area (Å²) in [5.74, 6) is 0.354. The number of phenolic OH excluding ortho intramolecular Hbond substituents is 1. The van der Waals surface area contributed by atoms with Gasteiger partial charge in [0.25, 0.3) is 5.91 Å². The van der Waals surface area contributed by atoms with E-state index < -0.39 is 0 Å². The highest BCUT2D eigenvalue weighted by Crippen LogP contribution is 2.29. The van der Waals surface area contributed by atoms with Crippen molar-refractivity contribution in [3.05, 3.63) is 60.3 Å². The maximum atomic E-state index is 12.3. The molecular weight excluding hydrogens is 382 g/mol. The number of rotatable bonds is 6. The number of hydrogen-bond acceptors (Lipinski definition) is 6. The van der Waals surface area contributed by atoms with Gasteiger partial charge in [0.05, 0.1) is 23.7 Å². The van der Waals surface area contributed by atoms with Gasteiger partial charge in [-0.25, -0.2) is 9.97 Å². The van der Waals surface area contributed by atoms with Crippen LogP contribution in [-0.2, 0) is 13.6 Å². The Bertz CT molecular complexity index is 1240. The number of carbonyl (C=O) groups is 1. The molecule has 0 aliphatic heterocycles. The standard InChI is InChI=1S/C21H21N7O2/c1-27-12-13(10-25-27)9-23-19-20-24-11-17(28(20)7-6-22-19)14-2-5-16(18(29)8-14)21(30)26-15-3-4-15/h2,5-8,10-12,15,29H,3-4,9H2,1H3,(H,22,23)(H,26,30). The second-order valence-electron chi connectivity index (χ2n) is 7.47. The highest BCUT2D eigenvalue weighted by atomic mass is 16.3. The van der Waals surface area contributed by atoms with Crippen LogP contribution in [0, 0.1) is 0 Å². The average Bonchev–Trinajstić information content (AvgIpc) is 3.28. The smallest absolute Gasteiger partial charge is 0.255 e. The highest BCUT2D eigenvalue weighted by molar-refractivity contribution is 5.97. The Morgan fingerprint density at radius 3 is 2.87 bits per heavy atom. The van der Waals surface area contributed by atoms with Gasteiger partial charge in [0, 0.05) is 49.4 Å². The van der Waals surface area contributed by atoms with Crippen molar-refractivity contribution in [2.75, 3.05) is 5.32 Å². The Kier molecular flexibility index (Phi) is 4.35. The second kappa shape index (κ2) is 7.18. The summed E-state index contributed by atoms with van der Waals surface area (Å²) in [7, 11) is 1.87. The number of nitrogens with one attached hydrogen (secondary N) is 2. The number of fused-ring (bicyclic) bond motifs is 1. The summed E-state index contributed by atoms with van der Waals surface area (Å²) in [6.45, 7) is 0.578. The molecule has 30 heavy (non-hydrogen) atoms. The van der Waals surface area contributed by atoms with Crippen LogP contribution in [0.3, 0.4) is 0 Å². The van der Waals surface area contributed by atoms with Crippen molar-refractivity contribution >= 4 is 17.4 Å². The molecule has 1 fully saturated rings. The molecule has 3 aromatic heterocycles. The third-order valence-electron chi connectivity index (χ3n) is 5.10. The van der Waals surface area contributed by atoms with Gasteiger partial charge in [0.2, 0.25) is 0 Å². The highest BCUT2D eigenvalue weighted by Gasteiger charge is 2.25. The fourth-order valence-corrected chi connectivity index (χ4v) is 3.38. The van der Waals surface area contributed by atoms with Gasteiger partial charge in [0.1, 0.15) is 5.75 Å². The lowest BCUT2D eigenvalue weighted by Crippen LogP contribution is -2.25. The zero-order valence-corrected chi connectivity index (χ0v) is 16.4. The number of aromatic hydroxyl groups is 1. The van der Waals surface area contributed by atoms with Gasteiger partial charge < -0.3 is 15.7 Å². The minimum absolute atomic E-state index is 0.0513. The van der Waals surface area contributed by atoms with E-state index >= 15 is 0 Å². The molecule has 3 heterocycles. The monoisotopic (exact) mass is 403 g/mol. The molecule has 0 saturated heterocycles. The van der Waals surface area contributed by atoms with Crippen LogP contribution in [0.1, 0.15) is 28.8 Å². The number of aromatic nitrogens is 5. The largest absolute Gasteiger partial charge is 0.507 e. The van der Waals surface area contributed by atoms with Gasteiger partial charge in [-0.1, -0.05) is 6.07 Å². The predicted octanol–water partition coefficient (Wildman–Crippen LogP) is 2.34. The van der Waals surface area contributed by atoms with Crippen LogP contribution in [0.4, 0.5) is 5.82 Å². The molecule has 0 bridgehead atoms. The molecule has 5 rings (SSSR count). The van der Waals surface area contributed by atoms with E-state index in [1.54, 1.807) is 35.4 Å². The van der Waals surface area contributed by atoms with Gasteiger partial charge in [-0.15, -0.1) is 0 Å². The van der Waals surface area contributed by atoms with Crippen LogP contribution >= 0.6 is 0 Å². The molecule has 1 aromatic carbocycles. The molecule has 1 aliphatic carbocycles. The molecule has 0 unspecified atom stereocenters. The third-order valence-corrected chi connectivity index (χ3v) is 5.10. The SMILES string of the molecule is Cn1cc(CNc2nccn3c(-c4ccc(C(=O)NC5CC5)c(O)c4)cnc23)cn1. The first kappa shape index (κ1) is 18.2. The molecule has 0 radical (unpaired) electrons. The van der Waals surface area contributed by atoms with E-state index in [-0.39, 0.29) is 23.3 Å². The summed E-state index contributed by atoms with van der Waals surface area (Å²) in [5, 5.41) is 20.8. The minimum Gasteiger partial charge on any atom is -0.507 e. The van der Waals surface area contributed by atoms with E-state index in [9.17, 15) is 9.90 Å². The lowest BCUT2D eigenvalue weighted by Gasteiger charge is -2.09. The van der Waals surface area contributed by atoms with E-state index in [1.807, 2.05) is 29.9 Å². The van der Waals surface area contributed by atoms with Gasteiger partial charge in [-0.2, -0.15) is 5.10 Å². The van der Waals surface area contributed by atoms with Crippen LogP contribution in [0.2, 0.25) is 0 Å². The summed E-state index contributed by atoms with van der Waals surface area (Å²) in [4.78, 5) is 21.2. The molecule has 4 aromatic rings. The molecule has 3 N–H and O–H groups in total. The number of aryl methyl sites for hydroxylation is 1. The minimum atomic E-state index is -0.245. The molecular formula is C21H21N7O2. The lowest BCUT2D eigenvalue weighted by atomic mass is 10.1. The number of benzene rings is 1. The Balaban J connectivity index is 1.42. The van der Waals surface area contributed by atoms with Crippen molar-refractivity contribution in [2.24, 2.45) is 7.05 Å². The molecule has 9 heteroatoms. The summed E-state index contributed by atoms with van der Waals surface area (Å²) in [6, 6.07) is 5.29. The zero-order chi connectivity index (χ0) is 20.7. The summed E-state index contributed by atoms with van der Waals surface area (Å²) in [6.07, 6.45) is 11.0. The predicted molar refractivity (Wildman–Crippen MR) is 111 cm³/mol. The van der Waals surface area contributed by atoms with Crippen LogP contribution in [0.15, 0.2) is 49.2 Å². The van der Waals surface area contributed by atoms with Gasteiger partial charge >= 0.3 is 0 Å². The number of phenols is 1. The van der Waals surface area contributed by atoms with E-state index in [0.717, 1.165) is 29.7 Å². The summed E-state index contributed by atoms with van der Waals surface area (Å²) in [5.41, 5.74) is 3.54. The van der Waals surface area contributed by atoms with E-state index in [0.29, 0.717) is 18.0 Å². The third kappa shape index (κ3) is 3.45. The Morgan fingerprint density at radius 2 is 2.13 bits per heavy atom. The lowest BCUT2D eigenvalue weighted by molar-refractivity contribution is 0.0948. The Morgan fingerprint density at radius 1 is 1.27 bits per heavy atom. The van der Waals surface area contributed by atoms with E-state index in [1.165, 1.54) is 0 Å². The summed E-state index contributed by atoms with van der Waals surface area (Å²) >= 11 is 0. The Labute approximate surface area is 172 Å². The van der Waals surface area contributed by atoms with Crippen molar-refractivity contribution in [1.82, 2.24) is 29.5 Å². The summed E-state index contributed by atoms with van der Waals surface area (Å²) < 4.78 is 3.65. The molecule has 1 aliphatic rings. The number of imidazole rings is 1.